The number of nitrogens with one attached hydrogen (secondary N) is 1. The number of aromatic nitrogens is 4. The third-order valence-corrected chi connectivity index (χ3v) is 4.76. The molecule has 0 aliphatic rings. The Labute approximate surface area is 172 Å². The number of anilines is 1. The average Bonchev–Trinajstić information content (AvgIpc) is 3.06. The highest BCUT2D eigenvalue weighted by Crippen LogP contribution is 2.34. The minimum absolute atomic E-state index is 0.220. The van der Waals surface area contributed by atoms with E-state index in [2.05, 4.69) is 42.9 Å². The van der Waals surface area contributed by atoms with E-state index >= 15 is 0 Å². The summed E-state index contributed by atoms with van der Waals surface area (Å²) < 4.78 is 7.76. The first-order valence-corrected chi connectivity index (χ1v) is 9.99. The summed E-state index contributed by atoms with van der Waals surface area (Å²) in [6.07, 6.45) is 5.65. The third kappa shape index (κ3) is 4.16. The first kappa shape index (κ1) is 20.6. The van der Waals surface area contributed by atoms with Gasteiger partial charge in [-0.25, -0.2) is 9.97 Å². The van der Waals surface area contributed by atoms with Crippen LogP contribution in [0.1, 0.15) is 39.4 Å². The fraction of sp³-hybridized carbons (Fsp3) is 0.348. The van der Waals surface area contributed by atoms with Gasteiger partial charge < -0.3 is 10.1 Å². The molecule has 6 heteroatoms. The molecule has 3 aromatic rings. The van der Waals surface area contributed by atoms with Gasteiger partial charge in [0.05, 0.1) is 29.2 Å². The molecule has 0 saturated carbocycles. The highest BCUT2D eigenvalue weighted by Gasteiger charge is 2.19. The van der Waals surface area contributed by atoms with Crippen LogP contribution in [0.15, 0.2) is 48.7 Å². The highest BCUT2D eigenvalue weighted by atomic mass is 16.5. The van der Waals surface area contributed by atoms with Gasteiger partial charge in [0, 0.05) is 18.8 Å². The number of ether oxygens (including phenoxy) is 1. The van der Waals surface area contributed by atoms with Crippen LogP contribution < -0.4 is 10.1 Å². The fourth-order valence-electron chi connectivity index (χ4n) is 3.25. The molecule has 1 N–H and O–H groups in total. The summed E-state index contributed by atoms with van der Waals surface area (Å²) in [6, 6.07) is 6.16. The molecule has 29 heavy (non-hydrogen) atoms. The van der Waals surface area contributed by atoms with Crippen molar-refractivity contribution in [2.45, 2.75) is 40.7 Å². The lowest BCUT2D eigenvalue weighted by Crippen LogP contribution is -2.09. The summed E-state index contributed by atoms with van der Waals surface area (Å²) >= 11 is 0. The van der Waals surface area contributed by atoms with Crippen molar-refractivity contribution < 1.29 is 4.74 Å². The Hall–Kier alpha value is -3.15. The number of fused-ring (bicyclic) bond motifs is 1. The number of pyridine rings is 2. The first-order chi connectivity index (χ1) is 14.0. The molecule has 0 bridgehead atoms. The lowest BCUT2D eigenvalue weighted by Gasteiger charge is -2.15. The van der Waals surface area contributed by atoms with E-state index < -0.39 is 0 Å². The van der Waals surface area contributed by atoms with E-state index in [1.807, 2.05) is 43.7 Å². The zero-order valence-electron chi connectivity index (χ0n) is 17.9. The van der Waals surface area contributed by atoms with Crippen LogP contribution in [0.2, 0.25) is 0 Å². The molecule has 3 rings (SSSR count). The van der Waals surface area contributed by atoms with Crippen molar-refractivity contribution in [2.24, 2.45) is 0 Å². The van der Waals surface area contributed by atoms with Crippen molar-refractivity contribution in [2.75, 3.05) is 18.5 Å². The van der Waals surface area contributed by atoms with Crippen molar-refractivity contribution in [3.05, 3.63) is 54.4 Å². The molecule has 0 radical (unpaired) electrons. The normalized spacial score (nSPS) is 11.9. The maximum Gasteiger partial charge on any atom is 0.222 e. The fourth-order valence-corrected chi connectivity index (χ4v) is 3.25. The van der Waals surface area contributed by atoms with Crippen LogP contribution in [0.4, 0.5) is 5.69 Å². The van der Waals surface area contributed by atoms with Gasteiger partial charge in [0.25, 0.3) is 0 Å². The molecule has 0 unspecified atom stereocenters. The van der Waals surface area contributed by atoms with Crippen molar-refractivity contribution in [3.8, 4) is 17.1 Å². The molecule has 0 atom stereocenters. The minimum atomic E-state index is 0.220. The van der Waals surface area contributed by atoms with Gasteiger partial charge in [-0.2, -0.15) is 5.10 Å². The molecule has 0 fully saturated rings. The Morgan fingerprint density at radius 2 is 2.17 bits per heavy atom. The SMILES string of the molecule is C=C/C(=C\C)CNc1cc(-c2cccnc2OCC)nc2c(C)nn(C(C)C)c12. The molecule has 3 aromatic heterocycles. The molecule has 0 aliphatic heterocycles. The van der Waals surface area contributed by atoms with E-state index in [4.69, 9.17) is 14.8 Å². The van der Waals surface area contributed by atoms with E-state index in [1.165, 1.54) is 0 Å². The summed E-state index contributed by atoms with van der Waals surface area (Å²) in [6.45, 7) is 15.3. The number of rotatable bonds is 8. The van der Waals surface area contributed by atoms with Crippen LogP contribution >= 0.6 is 0 Å². The number of nitrogens with zero attached hydrogens (tertiary/aromatic N) is 4. The molecule has 3 heterocycles. The van der Waals surface area contributed by atoms with Gasteiger partial charge in [-0.1, -0.05) is 18.7 Å². The van der Waals surface area contributed by atoms with Crippen molar-refractivity contribution >= 4 is 16.7 Å². The molecule has 0 aromatic carbocycles. The maximum absolute atomic E-state index is 5.74. The zero-order valence-corrected chi connectivity index (χ0v) is 17.9. The van der Waals surface area contributed by atoms with E-state index in [-0.39, 0.29) is 6.04 Å². The molecular formula is C23H29N5O. The monoisotopic (exact) mass is 391 g/mol. The van der Waals surface area contributed by atoms with Gasteiger partial charge in [-0.3, -0.25) is 4.68 Å². The Morgan fingerprint density at radius 1 is 1.38 bits per heavy atom. The number of hydrogen-bond donors (Lipinski definition) is 1. The largest absolute Gasteiger partial charge is 0.477 e. The predicted molar refractivity (Wildman–Crippen MR) is 119 cm³/mol. The molecular weight excluding hydrogens is 362 g/mol. The van der Waals surface area contributed by atoms with E-state index in [0.29, 0.717) is 19.0 Å². The number of allylic oxidation sites excluding steroid dienone is 1. The van der Waals surface area contributed by atoms with Gasteiger partial charge in [0.1, 0.15) is 11.0 Å². The standard InChI is InChI=1S/C23H29N5O/c1-7-17(8-2)14-25-20-13-19(18-11-10-12-24-23(18)29-9-3)26-21-16(6)27-28(15(4)5)22(20)21/h7-8,10-13,15H,1,9,14H2,2-6H3,(H,25,26)/b17-8+. The lowest BCUT2D eigenvalue weighted by molar-refractivity contribution is 0.328. The van der Waals surface area contributed by atoms with Crippen molar-refractivity contribution in [1.29, 1.82) is 0 Å². The van der Waals surface area contributed by atoms with Crippen LogP contribution in [-0.4, -0.2) is 32.9 Å². The lowest BCUT2D eigenvalue weighted by atomic mass is 10.1. The molecule has 152 valence electrons. The Balaban J connectivity index is 2.21. The summed E-state index contributed by atoms with van der Waals surface area (Å²) in [7, 11) is 0. The second-order valence-electron chi connectivity index (χ2n) is 7.09. The first-order valence-electron chi connectivity index (χ1n) is 9.99. The molecule has 0 saturated heterocycles. The van der Waals surface area contributed by atoms with E-state index in [9.17, 15) is 0 Å². The van der Waals surface area contributed by atoms with E-state index in [0.717, 1.165) is 39.2 Å². The Morgan fingerprint density at radius 3 is 2.83 bits per heavy atom. The highest BCUT2D eigenvalue weighted by molar-refractivity contribution is 5.93. The quantitative estimate of drug-likeness (QED) is 0.526. The van der Waals surface area contributed by atoms with Crippen molar-refractivity contribution in [1.82, 2.24) is 19.7 Å². The minimum Gasteiger partial charge on any atom is -0.477 e. The topological polar surface area (TPSA) is 64.9 Å². The van der Waals surface area contributed by atoms with Crippen LogP contribution in [0.25, 0.3) is 22.3 Å². The van der Waals surface area contributed by atoms with Crippen LogP contribution in [0.5, 0.6) is 5.88 Å². The summed E-state index contributed by atoms with van der Waals surface area (Å²) in [5.41, 5.74) is 6.56. The molecule has 6 nitrogen and oxygen atoms in total. The van der Waals surface area contributed by atoms with Gasteiger partial charge in [-0.15, -0.1) is 0 Å². The molecule has 0 aliphatic carbocycles. The third-order valence-electron chi connectivity index (χ3n) is 4.76. The smallest absolute Gasteiger partial charge is 0.222 e. The zero-order chi connectivity index (χ0) is 21.0. The van der Waals surface area contributed by atoms with E-state index in [1.54, 1.807) is 6.20 Å². The second kappa shape index (κ2) is 8.90. The molecule has 0 amide bonds. The van der Waals surface area contributed by atoms with Gasteiger partial charge in [-0.05, 0) is 58.4 Å². The van der Waals surface area contributed by atoms with Crippen LogP contribution in [0.3, 0.4) is 0 Å². The van der Waals surface area contributed by atoms with Gasteiger partial charge in [0.15, 0.2) is 0 Å². The average molecular weight is 392 g/mol. The van der Waals surface area contributed by atoms with Gasteiger partial charge >= 0.3 is 0 Å². The summed E-state index contributed by atoms with van der Waals surface area (Å²) in [5.74, 6) is 0.585. The van der Waals surface area contributed by atoms with Gasteiger partial charge in [0.2, 0.25) is 5.88 Å². The number of hydrogen-bond acceptors (Lipinski definition) is 5. The summed E-state index contributed by atoms with van der Waals surface area (Å²) in [4.78, 5) is 9.33. The van der Waals surface area contributed by atoms with Crippen molar-refractivity contribution in [3.63, 3.8) is 0 Å². The predicted octanol–water partition coefficient (Wildman–Crippen LogP) is 5.33. The van der Waals surface area contributed by atoms with Crippen LogP contribution in [-0.2, 0) is 0 Å². The Kier molecular flexibility index (Phi) is 6.32. The molecule has 0 spiro atoms. The summed E-state index contributed by atoms with van der Waals surface area (Å²) in [5, 5.41) is 8.30. The second-order valence-corrected chi connectivity index (χ2v) is 7.09. The maximum atomic E-state index is 5.74. The van der Waals surface area contributed by atoms with Crippen LogP contribution in [0, 0.1) is 6.92 Å². The number of aryl methyl sites for hydroxylation is 1. The Bertz CT molecular complexity index is 1050.